The zero-order chi connectivity index (χ0) is 14.7. The van der Waals surface area contributed by atoms with Crippen molar-refractivity contribution < 1.29 is 4.79 Å². The van der Waals surface area contributed by atoms with Crippen LogP contribution in [-0.2, 0) is 0 Å². The number of Topliss-reactive ketones (excluding diaryl/α,β-unsaturated/α-hetero) is 1. The maximum absolute atomic E-state index is 12.2. The second kappa shape index (κ2) is 6.71. The SMILES string of the molecule is Cc1ccc(C(=O)CCN2CCC(N3CCCC3)C2)cc1. The molecular weight excluding hydrogens is 260 g/mol. The minimum Gasteiger partial charge on any atom is -0.301 e. The van der Waals surface area contributed by atoms with Crippen molar-refractivity contribution in [3.05, 3.63) is 35.4 Å². The second-order valence-electron chi connectivity index (χ2n) is 6.53. The molecule has 21 heavy (non-hydrogen) atoms. The van der Waals surface area contributed by atoms with Gasteiger partial charge in [-0.3, -0.25) is 9.69 Å². The zero-order valence-corrected chi connectivity index (χ0v) is 13.1. The fourth-order valence-electron chi connectivity index (χ4n) is 3.56. The van der Waals surface area contributed by atoms with Gasteiger partial charge in [-0.15, -0.1) is 0 Å². The van der Waals surface area contributed by atoms with Crippen molar-refractivity contribution in [1.82, 2.24) is 9.80 Å². The molecule has 2 aliphatic rings. The van der Waals surface area contributed by atoms with Gasteiger partial charge in [-0.05, 0) is 45.8 Å². The molecule has 0 amide bonds. The van der Waals surface area contributed by atoms with Gasteiger partial charge in [0.05, 0.1) is 0 Å². The summed E-state index contributed by atoms with van der Waals surface area (Å²) < 4.78 is 0. The Hall–Kier alpha value is -1.19. The Morgan fingerprint density at radius 1 is 1.14 bits per heavy atom. The molecule has 1 aromatic carbocycles. The van der Waals surface area contributed by atoms with E-state index in [4.69, 9.17) is 0 Å². The van der Waals surface area contributed by atoms with Crippen molar-refractivity contribution in [2.45, 2.75) is 38.6 Å². The number of likely N-dealkylation sites (tertiary alicyclic amines) is 2. The first kappa shape index (κ1) is 14.7. The molecule has 0 aromatic heterocycles. The molecule has 2 fully saturated rings. The van der Waals surface area contributed by atoms with E-state index in [9.17, 15) is 4.79 Å². The van der Waals surface area contributed by atoms with Gasteiger partial charge in [0.15, 0.2) is 5.78 Å². The highest BCUT2D eigenvalue weighted by molar-refractivity contribution is 5.96. The van der Waals surface area contributed by atoms with Crippen molar-refractivity contribution in [3.8, 4) is 0 Å². The van der Waals surface area contributed by atoms with Crippen molar-refractivity contribution in [1.29, 1.82) is 0 Å². The maximum Gasteiger partial charge on any atom is 0.164 e. The summed E-state index contributed by atoms with van der Waals surface area (Å²) in [6.07, 6.45) is 4.65. The van der Waals surface area contributed by atoms with E-state index in [2.05, 4.69) is 16.7 Å². The van der Waals surface area contributed by atoms with Crippen molar-refractivity contribution >= 4 is 5.78 Å². The van der Waals surface area contributed by atoms with E-state index in [0.29, 0.717) is 6.42 Å². The highest BCUT2D eigenvalue weighted by Gasteiger charge is 2.29. The number of carbonyl (C=O) groups excluding carboxylic acids is 1. The van der Waals surface area contributed by atoms with Gasteiger partial charge in [0, 0.05) is 31.1 Å². The summed E-state index contributed by atoms with van der Waals surface area (Å²) in [5, 5.41) is 0. The lowest BCUT2D eigenvalue weighted by Gasteiger charge is -2.23. The van der Waals surface area contributed by atoms with Gasteiger partial charge in [0.25, 0.3) is 0 Å². The van der Waals surface area contributed by atoms with E-state index >= 15 is 0 Å². The standard InChI is InChI=1S/C18H26N2O/c1-15-4-6-16(7-5-15)18(21)9-13-19-12-8-17(14-19)20-10-2-3-11-20/h4-7,17H,2-3,8-14H2,1H3. The lowest BCUT2D eigenvalue weighted by atomic mass is 10.1. The molecule has 1 aromatic rings. The highest BCUT2D eigenvalue weighted by Crippen LogP contribution is 2.20. The summed E-state index contributed by atoms with van der Waals surface area (Å²) in [6.45, 7) is 7.83. The normalized spacial score (nSPS) is 23.8. The molecule has 2 saturated heterocycles. The second-order valence-corrected chi connectivity index (χ2v) is 6.53. The van der Waals surface area contributed by atoms with Crippen LogP contribution in [0.15, 0.2) is 24.3 Å². The Bertz CT molecular complexity index is 476. The Kier molecular flexibility index (Phi) is 4.71. The third kappa shape index (κ3) is 3.72. The molecule has 114 valence electrons. The summed E-state index contributed by atoms with van der Waals surface area (Å²) in [4.78, 5) is 17.3. The monoisotopic (exact) mass is 286 g/mol. The van der Waals surface area contributed by atoms with Gasteiger partial charge in [0.1, 0.15) is 0 Å². The number of aryl methyl sites for hydroxylation is 1. The minimum atomic E-state index is 0.277. The van der Waals surface area contributed by atoms with Crippen LogP contribution in [0.4, 0.5) is 0 Å². The van der Waals surface area contributed by atoms with Crippen LogP contribution in [0, 0.1) is 6.92 Å². The molecule has 2 aliphatic heterocycles. The van der Waals surface area contributed by atoms with Crippen LogP contribution >= 0.6 is 0 Å². The van der Waals surface area contributed by atoms with Crippen LogP contribution in [0.1, 0.15) is 41.6 Å². The molecule has 3 nitrogen and oxygen atoms in total. The number of rotatable bonds is 5. The van der Waals surface area contributed by atoms with Gasteiger partial charge < -0.3 is 4.90 Å². The quantitative estimate of drug-likeness (QED) is 0.778. The number of hydrogen-bond acceptors (Lipinski definition) is 3. The van der Waals surface area contributed by atoms with Crippen molar-refractivity contribution in [3.63, 3.8) is 0 Å². The summed E-state index contributed by atoms with van der Waals surface area (Å²) in [7, 11) is 0. The Balaban J connectivity index is 1.45. The van der Waals surface area contributed by atoms with Gasteiger partial charge in [-0.1, -0.05) is 29.8 Å². The smallest absolute Gasteiger partial charge is 0.164 e. The fraction of sp³-hybridized carbons (Fsp3) is 0.611. The predicted molar refractivity (Wildman–Crippen MR) is 85.8 cm³/mol. The maximum atomic E-state index is 12.2. The van der Waals surface area contributed by atoms with Crippen LogP contribution < -0.4 is 0 Å². The molecule has 0 N–H and O–H groups in total. The Labute approximate surface area is 127 Å². The minimum absolute atomic E-state index is 0.277. The zero-order valence-electron chi connectivity index (χ0n) is 13.1. The number of hydrogen-bond donors (Lipinski definition) is 0. The number of ketones is 1. The first-order chi connectivity index (χ1) is 10.2. The average molecular weight is 286 g/mol. The summed E-state index contributed by atoms with van der Waals surface area (Å²) in [5.74, 6) is 0.277. The van der Waals surface area contributed by atoms with E-state index in [1.54, 1.807) is 0 Å². The van der Waals surface area contributed by atoms with Crippen LogP contribution in [-0.4, -0.2) is 54.3 Å². The van der Waals surface area contributed by atoms with E-state index < -0.39 is 0 Å². The molecule has 1 unspecified atom stereocenters. The molecule has 2 heterocycles. The predicted octanol–water partition coefficient (Wildman–Crippen LogP) is 2.74. The largest absolute Gasteiger partial charge is 0.301 e. The van der Waals surface area contributed by atoms with Crippen molar-refractivity contribution in [2.75, 3.05) is 32.7 Å². The molecule has 0 spiro atoms. The van der Waals surface area contributed by atoms with Gasteiger partial charge in [0.2, 0.25) is 0 Å². The Morgan fingerprint density at radius 2 is 1.86 bits per heavy atom. The average Bonchev–Trinajstić information content (AvgIpc) is 3.16. The lowest BCUT2D eigenvalue weighted by Crippen LogP contribution is -2.35. The van der Waals surface area contributed by atoms with Gasteiger partial charge in [-0.2, -0.15) is 0 Å². The summed E-state index contributed by atoms with van der Waals surface area (Å²) >= 11 is 0. The van der Waals surface area contributed by atoms with Crippen LogP contribution in [0.5, 0.6) is 0 Å². The molecule has 0 saturated carbocycles. The molecule has 1 atom stereocenters. The number of carbonyl (C=O) groups is 1. The Morgan fingerprint density at radius 3 is 2.57 bits per heavy atom. The number of nitrogens with zero attached hydrogens (tertiary/aromatic N) is 2. The van der Waals surface area contributed by atoms with Gasteiger partial charge in [-0.25, -0.2) is 0 Å². The van der Waals surface area contributed by atoms with Crippen LogP contribution in [0.25, 0.3) is 0 Å². The molecule has 3 heteroatoms. The molecule has 0 bridgehead atoms. The highest BCUT2D eigenvalue weighted by atomic mass is 16.1. The van der Waals surface area contributed by atoms with Crippen LogP contribution in [0.3, 0.4) is 0 Å². The van der Waals surface area contributed by atoms with E-state index in [-0.39, 0.29) is 5.78 Å². The third-order valence-electron chi connectivity index (χ3n) is 4.93. The van der Waals surface area contributed by atoms with E-state index in [1.165, 1.54) is 37.9 Å². The number of benzene rings is 1. The van der Waals surface area contributed by atoms with E-state index in [0.717, 1.165) is 31.2 Å². The van der Waals surface area contributed by atoms with Crippen molar-refractivity contribution in [2.24, 2.45) is 0 Å². The fourth-order valence-corrected chi connectivity index (χ4v) is 3.56. The molecular formula is C18H26N2O. The molecule has 0 aliphatic carbocycles. The van der Waals surface area contributed by atoms with E-state index in [1.807, 2.05) is 24.3 Å². The first-order valence-electron chi connectivity index (χ1n) is 8.28. The lowest BCUT2D eigenvalue weighted by molar-refractivity contribution is 0.0967. The first-order valence-corrected chi connectivity index (χ1v) is 8.28. The summed E-state index contributed by atoms with van der Waals surface area (Å²) in [6, 6.07) is 8.68. The van der Waals surface area contributed by atoms with Gasteiger partial charge >= 0.3 is 0 Å². The molecule has 0 radical (unpaired) electrons. The third-order valence-corrected chi connectivity index (χ3v) is 4.93. The van der Waals surface area contributed by atoms with Crippen LogP contribution in [0.2, 0.25) is 0 Å². The molecule has 3 rings (SSSR count). The summed E-state index contributed by atoms with van der Waals surface area (Å²) in [5.41, 5.74) is 2.07. The topological polar surface area (TPSA) is 23.6 Å².